The highest BCUT2D eigenvalue weighted by Crippen LogP contribution is 2.54. The van der Waals surface area contributed by atoms with E-state index in [2.05, 4.69) is 91.3 Å². The summed E-state index contributed by atoms with van der Waals surface area (Å²) < 4.78 is 1.02. The zero-order valence-corrected chi connectivity index (χ0v) is 19.2. The second-order valence-corrected chi connectivity index (χ2v) is 9.76. The standard InChI is InChI=1S/C27H31BrO/c1-4-5-6-9-18(2)24-16-20(13-12-19(24)3)27(29)25-11-8-7-10-22(25)23-15-14-21(28)17-26(23)27/h5-8,10-11,13-15,17-19,24,29H,4,9,12,16H2,1-3H3/b6-5-/t18-,19?,24+,27?/m1/s1. The number of allylic oxidation sites excluding steroid dienone is 3. The van der Waals surface area contributed by atoms with Crippen LogP contribution in [0.1, 0.15) is 57.6 Å². The fourth-order valence-electron chi connectivity index (χ4n) is 5.33. The molecule has 4 atom stereocenters. The lowest BCUT2D eigenvalue weighted by molar-refractivity contribution is 0.105. The van der Waals surface area contributed by atoms with Gasteiger partial charge in [0.15, 0.2) is 0 Å². The smallest absolute Gasteiger partial charge is 0.137 e. The second kappa shape index (κ2) is 8.24. The number of hydrogen-bond acceptors (Lipinski definition) is 1. The Balaban J connectivity index is 1.74. The lowest BCUT2D eigenvalue weighted by Gasteiger charge is -2.39. The van der Waals surface area contributed by atoms with Crippen LogP contribution in [-0.4, -0.2) is 5.11 Å². The van der Waals surface area contributed by atoms with Crippen LogP contribution in [0, 0.1) is 17.8 Å². The summed E-state index contributed by atoms with van der Waals surface area (Å²) in [4.78, 5) is 0. The number of hydrogen-bond donors (Lipinski definition) is 1. The van der Waals surface area contributed by atoms with E-state index < -0.39 is 5.60 Å². The Kier molecular flexibility index (Phi) is 5.86. The zero-order valence-electron chi connectivity index (χ0n) is 17.7. The third kappa shape index (κ3) is 3.55. The molecule has 2 aliphatic carbocycles. The predicted octanol–water partition coefficient (Wildman–Crippen LogP) is 7.63. The van der Waals surface area contributed by atoms with Gasteiger partial charge in [0.25, 0.3) is 0 Å². The van der Waals surface area contributed by atoms with Gasteiger partial charge in [0.1, 0.15) is 5.60 Å². The van der Waals surface area contributed by atoms with Crippen LogP contribution in [0.2, 0.25) is 0 Å². The molecule has 0 saturated heterocycles. The molecule has 1 nitrogen and oxygen atoms in total. The second-order valence-electron chi connectivity index (χ2n) is 8.85. The summed E-state index contributed by atoms with van der Waals surface area (Å²) in [6.45, 7) is 6.93. The van der Waals surface area contributed by atoms with Gasteiger partial charge in [0.05, 0.1) is 0 Å². The molecule has 0 heterocycles. The number of aliphatic hydroxyl groups is 1. The first-order valence-electron chi connectivity index (χ1n) is 10.9. The molecule has 29 heavy (non-hydrogen) atoms. The average Bonchev–Trinajstić information content (AvgIpc) is 2.98. The minimum Gasteiger partial charge on any atom is -0.376 e. The Morgan fingerprint density at radius 3 is 2.69 bits per heavy atom. The van der Waals surface area contributed by atoms with Crippen LogP contribution in [0.3, 0.4) is 0 Å². The number of rotatable bonds is 5. The first-order chi connectivity index (χ1) is 14.0. The fraction of sp³-hybridized carbons (Fsp3) is 0.407. The predicted molar refractivity (Wildman–Crippen MR) is 126 cm³/mol. The Morgan fingerprint density at radius 1 is 1.14 bits per heavy atom. The van der Waals surface area contributed by atoms with Crippen molar-refractivity contribution < 1.29 is 5.11 Å². The van der Waals surface area contributed by atoms with Gasteiger partial charge in [-0.3, -0.25) is 0 Å². The highest BCUT2D eigenvalue weighted by atomic mass is 79.9. The van der Waals surface area contributed by atoms with E-state index in [-0.39, 0.29) is 0 Å². The highest BCUT2D eigenvalue weighted by molar-refractivity contribution is 9.10. The monoisotopic (exact) mass is 450 g/mol. The molecule has 2 aromatic rings. The van der Waals surface area contributed by atoms with Gasteiger partial charge in [-0.05, 0) is 72.3 Å². The largest absolute Gasteiger partial charge is 0.376 e. The molecule has 0 amide bonds. The van der Waals surface area contributed by atoms with Crippen LogP contribution in [0.5, 0.6) is 0 Å². The number of benzene rings is 2. The summed E-state index contributed by atoms with van der Waals surface area (Å²) in [6, 6.07) is 14.7. The van der Waals surface area contributed by atoms with Crippen LogP contribution >= 0.6 is 15.9 Å². The molecule has 2 heteroatoms. The Morgan fingerprint density at radius 2 is 1.90 bits per heavy atom. The van der Waals surface area contributed by atoms with Crippen LogP contribution < -0.4 is 0 Å². The minimum atomic E-state index is -1.02. The lowest BCUT2D eigenvalue weighted by Crippen LogP contribution is -2.33. The van der Waals surface area contributed by atoms with Crippen molar-refractivity contribution in [3.8, 4) is 11.1 Å². The molecule has 0 aliphatic heterocycles. The molecule has 2 unspecified atom stereocenters. The normalized spacial score (nSPS) is 26.9. The van der Waals surface area contributed by atoms with Crippen molar-refractivity contribution in [3.05, 3.63) is 81.9 Å². The van der Waals surface area contributed by atoms with Crippen molar-refractivity contribution in [1.82, 2.24) is 0 Å². The van der Waals surface area contributed by atoms with Gasteiger partial charge in [0, 0.05) is 15.6 Å². The van der Waals surface area contributed by atoms with Gasteiger partial charge in [-0.2, -0.15) is 0 Å². The van der Waals surface area contributed by atoms with Crippen molar-refractivity contribution in [3.63, 3.8) is 0 Å². The van der Waals surface area contributed by atoms with E-state index in [1.807, 2.05) is 6.07 Å². The van der Waals surface area contributed by atoms with Crippen molar-refractivity contribution in [2.24, 2.45) is 17.8 Å². The van der Waals surface area contributed by atoms with E-state index in [4.69, 9.17) is 0 Å². The summed E-state index contributed by atoms with van der Waals surface area (Å²) in [5.41, 5.74) is 4.52. The third-order valence-corrected chi connectivity index (χ3v) is 7.50. The Bertz CT molecular complexity index is 957. The molecule has 2 aliphatic rings. The molecule has 0 saturated carbocycles. The minimum absolute atomic E-state index is 0.587. The zero-order chi connectivity index (χ0) is 20.6. The van der Waals surface area contributed by atoms with E-state index in [1.54, 1.807) is 0 Å². The molecule has 2 aromatic carbocycles. The molecule has 152 valence electrons. The maximum atomic E-state index is 12.2. The number of fused-ring (bicyclic) bond motifs is 3. The van der Waals surface area contributed by atoms with Gasteiger partial charge >= 0.3 is 0 Å². The topological polar surface area (TPSA) is 20.2 Å². The van der Waals surface area contributed by atoms with E-state index in [0.717, 1.165) is 52.4 Å². The van der Waals surface area contributed by atoms with Gasteiger partial charge < -0.3 is 5.11 Å². The van der Waals surface area contributed by atoms with Crippen molar-refractivity contribution in [2.45, 2.75) is 52.1 Å². The molecule has 0 aromatic heterocycles. The maximum absolute atomic E-state index is 12.2. The summed E-state index contributed by atoms with van der Waals surface area (Å²) in [6.07, 6.45) is 11.1. The molecule has 0 radical (unpaired) electrons. The molecular weight excluding hydrogens is 420 g/mol. The van der Waals surface area contributed by atoms with E-state index >= 15 is 0 Å². The summed E-state index contributed by atoms with van der Waals surface area (Å²) >= 11 is 3.63. The SMILES string of the molecule is CC/C=C\C[C@@H](C)[C@@H]1CC(C2(O)c3ccccc3-c3ccc(Br)cc32)=CCC1C. The van der Waals surface area contributed by atoms with Crippen LogP contribution in [0.15, 0.2) is 70.7 Å². The average molecular weight is 451 g/mol. The lowest BCUT2D eigenvalue weighted by atomic mass is 9.68. The quantitative estimate of drug-likeness (QED) is 0.464. The summed E-state index contributed by atoms with van der Waals surface area (Å²) in [7, 11) is 0. The van der Waals surface area contributed by atoms with Crippen LogP contribution in [-0.2, 0) is 5.60 Å². The molecule has 0 bridgehead atoms. The maximum Gasteiger partial charge on any atom is 0.137 e. The van der Waals surface area contributed by atoms with E-state index in [9.17, 15) is 5.11 Å². The Hall–Kier alpha value is -1.64. The highest BCUT2D eigenvalue weighted by Gasteiger charge is 2.46. The number of halogens is 1. The fourth-order valence-corrected chi connectivity index (χ4v) is 5.69. The van der Waals surface area contributed by atoms with Crippen molar-refractivity contribution in [2.75, 3.05) is 0 Å². The van der Waals surface area contributed by atoms with Gasteiger partial charge in [0.2, 0.25) is 0 Å². The van der Waals surface area contributed by atoms with E-state index in [1.165, 1.54) is 5.57 Å². The van der Waals surface area contributed by atoms with Gasteiger partial charge in [-0.25, -0.2) is 0 Å². The van der Waals surface area contributed by atoms with Gasteiger partial charge in [-0.1, -0.05) is 85.3 Å². The first-order valence-corrected chi connectivity index (χ1v) is 11.7. The van der Waals surface area contributed by atoms with Crippen molar-refractivity contribution in [1.29, 1.82) is 0 Å². The van der Waals surface area contributed by atoms with E-state index in [0.29, 0.717) is 17.8 Å². The first kappa shape index (κ1) is 20.6. The summed E-state index contributed by atoms with van der Waals surface area (Å²) in [5, 5.41) is 12.2. The van der Waals surface area contributed by atoms with Crippen LogP contribution in [0.4, 0.5) is 0 Å². The molecular formula is C27H31BrO. The molecule has 0 spiro atoms. The Labute approximate surface area is 183 Å². The van der Waals surface area contributed by atoms with Crippen LogP contribution in [0.25, 0.3) is 11.1 Å². The molecule has 0 fully saturated rings. The van der Waals surface area contributed by atoms with Gasteiger partial charge in [-0.15, -0.1) is 0 Å². The summed E-state index contributed by atoms with van der Waals surface area (Å²) in [5.74, 6) is 1.84. The molecule has 1 N–H and O–H groups in total. The third-order valence-electron chi connectivity index (χ3n) is 7.01. The molecule has 4 rings (SSSR count). The van der Waals surface area contributed by atoms with Crippen molar-refractivity contribution >= 4 is 15.9 Å².